The molecule has 0 bridgehead atoms. The molecule has 5 heteroatoms. The summed E-state index contributed by atoms with van der Waals surface area (Å²) in [6.45, 7) is 8.42. The van der Waals surface area contributed by atoms with Gasteiger partial charge in [-0.25, -0.2) is 0 Å². The topological polar surface area (TPSA) is 82.7 Å². The molecule has 0 aliphatic carbocycles. The maximum absolute atomic E-state index is 10.8. The van der Waals surface area contributed by atoms with Crippen LogP contribution in [0.1, 0.15) is 49.6 Å². The van der Waals surface area contributed by atoms with Crippen LogP contribution in [0.2, 0.25) is 0 Å². The number of fused-ring (bicyclic) bond motifs is 1. The predicted molar refractivity (Wildman–Crippen MR) is 125 cm³/mol. The first-order chi connectivity index (χ1) is 14.7. The SMILES string of the molecule is Cc1cc(C)cc(-c2c(/C=C/C(O)CC(O)CC(=O)O)n(C(C)C)c3ccccc23)c1. The van der Waals surface area contributed by atoms with Crippen LogP contribution in [0.25, 0.3) is 28.1 Å². The van der Waals surface area contributed by atoms with E-state index in [0.29, 0.717) is 0 Å². The minimum atomic E-state index is -1.09. The van der Waals surface area contributed by atoms with Gasteiger partial charge < -0.3 is 19.9 Å². The summed E-state index contributed by atoms with van der Waals surface area (Å²) in [4.78, 5) is 10.8. The maximum atomic E-state index is 10.8. The second-order valence-electron chi connectivity index (χ2n) is 8.53. The zero-order valence-corrected chi connectivity index (χ0v) is 18.5. The van der Waals surface area contributed by atoms with E-state index in [4.69, 9.17) is 5.11 Å². The lowest BCUT2D eigenvalue weighted by Gasteiger charge is -2.15. The van der Waals surface area contributed by atoms with Crippen molar-refractivity contribution in [1.82, 2.24) is 4.57 Å². The van der Waals surface area contributed by atoms with Crippen molar-refractivity contribution in [1.29, 1.82) is 0 Å². The highest BCUT2D eigenvalue weighted by atomic mass is 16.4. The van der Waals surface area contributed by atoms with Crippen molar-refractivity contribution < 1.29 is 20.1 Å². The van der Waals surface area contributed by atoms with Crippen molar-refractivity contribution in [2.45, 2.75) is 58.8 Å². The van der Waals surface area contributed by atoms with E-state index in [2.05, 4.69) is 62.6 Å². The molecule has 31 heavy (non-hydrogen) atoms. The Hall–Kier alpha value is -2.89. The Kier molecular flexibility index (Phi) is 6.98. The Labute approximate surface area is 183 Å². The van der Waals surface area contributed by atoms with E-state index in [1.807, 2.05) is 18.2 Å². The number of aliphatic carboxylic acids is 1. The van der Waals surface area contributed by atoms with E-state index in [9.17, 15) is 15.0 Å². The van der Waals surface area contributed by atoms with Crippen LogP contribution in [0, 0.1) is 13.8 Å². The van der Waals surface area contributed by atoms with Crippen molar-refractivity contribution in [3.8, 4) is 11.1 Å². The van der Waals surface area contributed by atoms with Gasteiger partial charge in [-0.05, 0) is 45.4 Å². The summed E-state index contributed by atoms with van der Waals surface area (Å²) < 4.78 is 2.25. The molecule has 3 N–H and O–H groups in total. The van der Waals surface area contributed by atoms with E-state index in [1.165, 1.54) is 11.1 Å². The lowest BCUT2D eigenvalue weighted by Crippen LogP contribution is -2.19. The average Bonchev–Trinajstić information content (AvgIpc) is 2.99. The Morgan fingerprint density at radius 1 is 1.06 bits per heavy atom. The minimum absolute atomic E-state index is 0.0242. The van der Waals surface area contributed by atoms with E-state index in [0.717, 1.165) is 27.7 Å². The van der Waals surface area contributed by atoms with E-state index >= 15 is 0 Å². The summed E-state index contributed by atoms with van der Waals surface area (Å²) in [5, 5.41) is 30.2. The largest absolute Gasteiger partial charge is 0.481 e. The van der Waals surface area contributed by atoms with Crippen LogP contribution in [0.5, 0.6) is 0 Å². The standard InChI is InChI=1S/C26H31NO4/c1-16(2)27-23-8-6-5-7-22(23)26(19-12-17(3)11-18(4)13-19)24(27)10-9-20(28)14-21(29)15-25(30)31/h5-13,16,20-21,28-29H,14-15H2,1-4H3,(H,30,31)/b10-9+. The summed E-state index contributed by atoms with van der Waals surface area (Å²) in [6, 6.07) is 15.0. The number of hydrogen-bond acceptors (Lipinski definition) is 3. The molecular weight excluding hydrogens is 390 g/mol. The lowest BCUT2D eigenvalue weighted by molar-refractivity contribution is -0.139. The molecule has 2 unspecified atom stereocenters. The summed E-state index contributed by atoms with van der Waals surface area (Å²) in [5.41, 5.74) is 6.68. The smallest absolute Gasteiger partial charge is 0.305 e. The van der Waals surface area contributed by atoms with Crippen molar-refractivity contribution in [3.05, 3.63) is 65.4 Å². The van der Waals surface area contributed by atoms with Gasteiger partial charge >= 0.3 is 5.97 Å². The third kappa shape index (κ3) is 5.24. The summed E-state index contributed by atoms with van der Waals surface area (Å²) in [6.07, 6.45) is 1.09. The Morgan fingerprint density at radius 3 is 2.32 bits per heavy atom. The number of aromatic nitrogens is 1. The first-order valence-corrected chi connectivity index (χ1v) is 10.6. The molecule has 0 aliphatic rings. The van der Waals surface area contributed by atoms with Gasteiger partial charge in [0.05, 0.1) is 18.6 Å². The summed E-state index contributed by atoms with van der Waals surface area (Å²) in [7, 11) is 0. The van der Waals surface area contributed by atoms with Gasteiger partial charge in [-0.3, -0.25) is 4.79 Å². The van der Waals surface area contributed by atoms with Gasteiger partial charge in [-0.1, -0.05) is 53.6 Å². The van der Waals surface area contributed by atoms with E-state index in [-0.39, 0.29) is 18.9 Å². The molecule has 0 saturated carbocycles. The monoisotopic (exact) mass is 421 g/mol. The molecule has 0 saturated heterocycles. The third-order valence-electron chi connectivity index (χ3n) is 5.38. The van der Waals surface area contributed by atoms with Crippen LogP contribution in [0.4, 0.5) is 0 Å². The molecule has 164 valence electrons. The summed E-state index contributed by atoms with van der Waals surface area (Å²) >= 11 is 0. The second kappa shape index (κ2) is 9.50. The normalized spacial score (nSPS) is 13.9. The third-order valence-corrected chi connectivity index (χ3v) is 5.38. The van der Waals surface area contributed by atoms with Gasteiger partial charge in [0.25, 0.3) is 0 Å². The van der Waals surface area contributed by atoms with Crippen LogP contribution in [0.15, 0.2) is 48.5 Å². The second-order valence-corrected chi connectivity index (χ2v) is 8.53. The van der Waals surface area contributed by atoms with Crippen LogP contribution in [0.3, 0.4) is 0 Å². The fraction of sp³-hybridized carbons (Fsp3) is 0.346. The molecule has 3 rings (SSSR count). The summed E-state index contributed by atoms with van der Waals surface area (Å²) in [5.74, 6) is -1.08. The van der Waals surface area contributed by atoms with Gasteiger partial charge in [-0.2, -0.15) is 0 Å². The average molecular weight is 422 g/mol. The number of aliphatic hydroxyl groups excluding tert-OH is 2. The van der Waals surface area contributed by atoms with Gasteiger partial charge in [0, 0.05) is 34.6 Å². The Morgan fingerprint density at radius 2 is 1.71 bits per heavy atom. The maximum Gasteiger partial charge on any atom is 0.305 e. The van der Waals surface area contributed by atoms with Crippen molar-refractivity contribution in [3.63, 3.8) is 0 Å². The molecule has 0 fully saturated rings. The van der Waals surface area contributed by atoms with Gasteiger partial charge in [-0.15, -0.1) is 0 Å². The van der Waals surface area contributed by atoms with Crippen LogP contribution >= 0.6 is 0 Å². The number of benzene rings is 2. The number of carboxylic acids is 1. The number of carboxylic acid groups (broad SMARTS) is 1. The van der Waals surface area contributed by atoms with Crippen molar-refractivity contribution in [2.75, 3.05) is 0 Å². The molecule has 1 aromatic heterocycles. The molecule has 5 nitrogen and oxygen atoms in total. The fourth-order valence-electron chi connectivity index (χ4n) is 4.27. The van der Waals surface area contributed by atoms with Gasteiger partial charge in [0.15, 0.2) is 0 Å². The number of aliphatic hydroxyl groups is 2. The molecule has 0 radical (unpaired) electrons. The van der Waals surface area contributed by atoms with E-state index in [1.54, 1.807) is 6.08 Å². The predicted octanol–water partition coefficient (Wildman–Crippen LogP) is 5.11. The number of nitrogens with zero attached hydrogens (tertiary/aromatic N) is 1. The fourth-order valence-corrected chi connectivity index (χ4v) is 4.27. The van der Waals surface area contributed by atoms with Crippen LogP contribution in [-0.2, 0) is 4.79 Å². The molecule has 1 heterocycles. The highest BCUT2D eigenvalue weighted by Crippen LogP contribution is 2.38. The van der Waals surface area contributed by atoms with Crippen LogP contribution < -0.4 is 0 Å². The molecule has 0 aliphatic heterocycles. The number of para-hydroxylation sites is 1. The quantitative estimate of drug-likeness (QED) is 0.472. The number of hydrogen-bond donors (Lipinski definition) is 3. The van der Waals surface area contributed by atoms with Gasteiger partial charge in [0.2, 0.25) is 0 Å². The molecular formula is C26H31NO4. The zero-order valence-electron chi connectivity index (χ0n) is 18.5. The number of aryl methyl sites for hydroxylation is 2. The Bertz CT molecular complexity index is 1090. The zero-order chi connectivity index (χ0) is 22.7. The van der Waals surface area contributed by atoms with Gasteiger partial charge in [0.1, 0.15) is 0 Å². The number of rotatable bonds is 8. The number of carbonyl (C=O) groups is 1. The van der Waals surface area contributed by atoms with Crippen molar-refractivity contribution >= 4 is 22.9 Å². The molecule has 2 aromatic carbocycles. The molecule has 2 atom stereocenters. The highest BCUT2D eigenvalue weighted by molar-refractivity contribution is 6.01. The minimum Gasteiger partial charge on any atom is -0.481 e. The lowest BCUT2D eigenvalue weighted by atomic mass is 9.97. The molecule has 0 amide bonds. The first-order valence-electron chi connectivity index (χ1n) is 10.6. The molecule has 0 spiro atoms. The highest BCUT2D eigenvalue weighted by Gasteiger charge is 2.19. The first kappa shape index (κ1) is 22.8. The Balaban J connectivity index is 2.13. The molecule has 3 aromatic rings. The van der Waals surface area contributed by atoms with E-state index < -0.39 is 18.2 Å². The van der Waals surface area contributed by atoms with Crippen LogP contribution in [-0.4, -0.2) is 38.1 Å². The van der Waals surface area contributed by atoms with Crippen molar-refractivity contribution in [2.24, 2.45) is 0 Å².